The number of hydrogen-bond acceptors (Lipinski definition) is 7. The van der Waals surface area contributed by atoms with Crippen molar-refractivity contribution < 1.29 is 18.6 Å². The van der Waals surface area contributed by atoms with Gasteiger partial charge in [0, 0.05) is 35.9 Å². The quantitative estimate of drug-likeness (QED) is 0.688. The number of halogens is 2. The van der Waals surface area contributed by atoms with Crippen molar-refractivity contribution in [3.05, 3.63) is 47.4 Å². The molecule has 0 unspecified atom stereocenters. The topological polar surface area (TPSA) is 89.2 Å². The molecule has 2 aliphatic heterocycles. The second kappa shape index (κ2) is 6.43. The highest BCUT2D eigenvalue weighted by Gasteiger charge is 2.45. The fourth-order valence-corrected chi connectivity index (χ4v) is 4.58. The first kappa shape index (κ1) is 18.6. The van der Waals surface area contributed by atoms with Crippen molar-refractivity contribution in [3.63, 3.8) is 0 Å². The van der Waals surface area contributed by atoms with E-state index in [1.807, 2.05) is 25.1 Å². The van der Waals surface area contributed by atoms with E-state index < -0.39 is 12.0 Å². The number of hydrogen-bond donors (Lipinski definition) is 1. The second-order valence-corrected chi connectivity index (χ2v) is 8.33. The van der Waals surface area contributed by atoms with Crippen LogP contribution >= 0.6 is 0 Å². The molecule has 0 bridgehead atoms. The van der Waals surface area contributed by atoms with Gasteiger partial charge in [-0.2, -0.15) is 8.78 Å². The van der Waals surface area contributed by atoms with Gasteiger partial charge in [-0.05, 0) is 19.4 Å². The Kier molecular flexibility index (Phi) is 3.86. The predicted octanol–water partition coefficient (Wildman–Crippen LogP) is 2.32. The zero-order valence-electron chi connectivity index (χ0n) is 16.7. The fraction of sp³-hybridized carbons (Fsp3) is 0.429. The molecule has 0 saturated carbocycles. The lowest BCUT2D eigenvalue weighted by Crippen LogP contribution is -2.59. The molecular weight excluding hydrogens is 406 g/mol. The standard InChI is InChI=1S/C21H20F2N6O2/c1-11-16(30)9-28(11)20-25-18(14-4-5-21(22,23)19(14)26-20)12-2-3-13-15(10-31-17(13)8-12)29-7-6-24-27-29/h2-3,6-8,11,15-16,30H,4-5,9-10H2,1H3/t11-,15-,16+/m0/s1. The van der Waals surface area contributed by atoms with Crippen molar-refractivity contribution in [1.29, 1.82) is 0 Å². The first-order valence-corrected chi connectivity index (χ1v) is 10.3. The molecule has 4 heterocycles. The van der Waals surface area contributed by atoms with Gasteiger partial charge in [0.15, 0.2) is 0 Å². The van der Waals surface area contributed by atoms with E-state index in [1.54, 1.807) is 22.0 Å². The number of alkyl halides is 2. The van der Waals surface area contributed by atoms with E-state index in [-0.39, 0.29) is 36.6 Å². The minimum atomic E-state index is -2.99. The van der Waals surface area contributed by atoms with Gasteiger partial charge in [0.1, 0.15) is 24.1 Å². The van der Waals surface area contributed by atoms with Gasteiger partial charge in [-0.3, -0.25) is 0 Å². The van der Waals surface area contributed by atoms with E-state index in [1.165, 1.54) is 0 Å². The van der Waals surface area contributed by atoms with Crippen molar-refractivity contribution in [2.75, 3.05) is 18.1 Å². The smallest absolute Gasteiger partial charge is 0.290 e. The lowest BCUT2D eigenvalue weighted by molar-refractivity contribution is -0.00603. The maximum absolute atomic E-state index is 14.6. The van der Waals surface area contributed by atoms with Crippen molar-refractivity contribution in [2.45, 2.75) is 43.9 Å². The molecule has 1 aliphatic carbocycles. The van der Waals surface area contributed by atoms with Crippen LogP contribution in [0.2, 0.25) is 0 Å². The summed E-state index contributed by atoms with van der Waals surface area (Å²) in [7, 11) is 0. The number of fused-ring (bicyclic) bond motifs is 2. The summed E-state index contributed by atoms with van der Waals surface area (Å²) >= 11 is 0. The van der Waals surface area contributed by atoms with Crippen LogP contribution in [0, 0.1) is 0 Å². The molecule has 31 heavy (non-hydrogen) atoms. The van der Waals surface area contributed by atoms with Crippen LogP contribution in [0.25, 0.3) is 11.3 Å². The van der Waals surface area contributed by atoms with Crippen LogP contribution in [-0.2, 0) is 12.3 Å². The number of nitrogens with zero attached hydrogens (tertiary/aromatic N) is 6. The SMILES string of the molecule is C[C@H]1[C@H](O)CN1c1nc(-c2ccc3c(c2)OC[C@@H]3n2ccnn2)c2c(n1)C(F)(F)CC2. The third kappa shape index (κ3) is 2.74. The highest BCUT2D eigenvalue weighted by atomic mass is 19.3. The summed E-state index contributed by atoms with van der Waals surface area (Å²) in [6, 6.07) is 5.37. The normalized spacial score (nSPS) is 25.7. The Bertz CT molecular complexity index is 1170. The van der Waals surface area contributed by atoms with Gasteiger partial charge in [-0.25, -0.2) is 14.6 Å². The number of aliphatic hydroxyl groups excluding tert-OH is 1. The molecule has 8 nitrogen and oxygen atoms in total. The Morgan fingerprint density at radius 2 is 2.13 bits per heavy atom. The molecule has 1 fully saturated rings. The minimum Gasteiger partial charge on any atom is -0.491 e. The predicted molar refractivity (Wildman–Crippen MR) is 106 cm³/mol. The molecule has 6 rings (SSSR count). The zero-order valence-corrected chi connectivity index (χ0v) is 16.7. The molecule has 0 radical (unpaired) electrons. The first-order chi connectivity index (χ1) is 14.9. The van der Waals surface area contributed by atoms with Crippen LogP contribution in [0.3, 0.4) is 0 Å². The number of anilines is 1. The lowest BCUT2D eigenvalue weighted by atomic mass is 10.00. The zero-order chi connectivity index (χ0) is 21.3. The van der Waals surface area contributed by atoms with Crippen molar-refractivity contribution >= 4 is 5.95 Å². The van der Waals surface area contributed by atoms with Gasteiger partial charge in [0.25, 0.3) is 5.92 Å². The maximum Gasteiger partial charge on any atom is 0.290 e. The second-order valence-electron chi connectivity index (χ2n) is 8.33. The van der Waals surface area contributed by atoms with Gasteiger partial charge >= 0.3 is 0 Å². The van der Waals surface area contributed by atoms with Crippen LogP contribution < -0.4 is 9.64 Å². The summed E-state index contributed by atoms with van der Waals surface area (Å²) in [6.45, 7) is 2.59. The fourth-order valence-electron chi connectivity index (χ4n) is 4.58. The molecule has 0 spiro atoms. The van der Waals surface area contributed by atoms with E-state index >= 15 is 0 Å². The average Bonchev–Trinajstić information content (AvgIpc) is 3.49. The summed E-state index contributed by atoms with van der Waals surface area (Å²) in [5, 5.41) is 17.8. The van der Waals surface area contributed by atoms with Gasteiger partial charge in [-0.1, -0.05) is 17.3 Å². The third-order valence-corrected chi connectivity index (χ3v) is 6.52. The van der Waals surface area contributed by atoms with Gasteiger partial charge in [0.05, 0.1) is 24.0 Å². The molecule has 3 aromatic rings. The number of rotatable bonds is 3. The van der Waals surface area contributed by atoms with Crippen molar-refractivity contribution in [2.24, 2.45) is 0 Å². The Morgan fingerprint density at radius 3 is 2.87 bits per heavy atom. The van der Waals surface area contributed by atoms with Crippen molar-refractivity contribution in [1.82, 2.24) is 25.0 Å². The summed E-state index contributed by atoms with van der Waals surface area (Å²) in [5.41, 5.74) is 2.45. The molecular formula is C21H20F2N6O2. The van der Waals surface area contributed by atoms with E-state index in [0.717, 1.165) is 5.56 Å². The summed E-state index contributed by atoms with van der Waals surface area (Å²) in [5.74, 6) is -2.07. The number of aliphatic hydroxyl groups is 1. The van der Waals surface area contributed by atoms with E-state index in [2.05, 4.69) is 20.3 Å². The number of β-amino-alcohol motifs (C(OH)–C–C–N with tert-alkyl or cyclic N) is 1. The molecule has 1 saturated heterocycles. The molecule has 0 amide bonds. The average molecular weight is 426 g/mol. The van der Waals surface area contributed by atoms with Crippen molar-refractivity contribution in [3.8, 4) is 17.0 Å². The molecule has 160 valence electrons. The van der Waals surface area contributed by atoms with E-state index in [9.17, 15) is 13.9 Å². The van der Waals surface area contributed by atoms with E-state index in [0.29, 0.717) is 35.7 Å². The minimum absolute atomic E-state index is 0.0778. The highest BCUT2D eigenvalue weighted by molar-refractivity contribution is 5.70. The first-order valence-electron chi connectivity index (χ1n) is 10.3. The lowest BCUT2D eigenvalue weighted by Gasteiger charge is -2.43. The summed E-state index contributed by atoms with van der Waals surface area (Å²) in [4.78, 5) is 10.6. The monoisotopic (exact) mass is 426 g/mol. The molecule has 3 atom stereocenters. The molecule has 10 heteroatoms. The van der Waals surface area contributed by atoms with E-state index in [4.69, 9.17) is 4.74 Å². The summed E-state index contributed by atoms with van der Waals surface area (Å²) in [6.07, 6.45) is 2.83. The van der Waals surface area contributed by atoms with Crippen LogP contribution in [-0.4, -0.2) is 55.4 Å². The Labute approximate surface area is 176 Å². The Balaban J connectivity index is 1.44. The number of ether oxygens (including phenoxy) is 1. The van der Waals surface area contributed by atoms with Crippen LogP contribution in [0.5, 0.6) is 5.75 Å². The van der Waals surface area contributed by atoms with Gasteiger partial charge in [-0.15, -0.1) is 5.10 Å². The largest absolute Gasteiger partial charge is 0.491 e. The number of aromatic nitrogens is 5. The third-order valence-electron chi connectivity index (χ3n) is 6.52. The Morgan fingerprint density at radius 1 is 1.26 bits per heavy atom. The maximum atomic E-state index is 14.6. The van der Waals surface area contributed by atoms with Crippen LogP contribution in [0.1, 0.15) is 36.2 Å². The molecule has 1 aromatic carbocycles. The summed E-state index contributed by atoms with van der Waals surface area (Å²) < 4.78 is 36.8. The highest BCUT2D eigenvalue weighted by Crippen LogP contribution is 2.46. The van der Waals surface area contributed by atoms with Crippen LogP contribution in [0.15, 0.2) is 30.6 Å². The molecule has 3 aliphatic rings. The van der Waals surface area contributed by atoms with Crippen LogP contribution in [0.4, 0.5) is 14.7 Å². The Hall–Kier alpha value is -3.14. The number of benzene rings is 1. The van der Waals surface area contributed by atoms with Gasteiger partial charge < -0.3 is 14.7 Å². The molecule has 2 aromatic heterocycles. The molecule has 1 N–H and O–H groups in total. The van der Waals surface area contributed by atoms with Gasteiger partial charge in [0.2, 0.25) is 5.95 Å².